The largest absolute Gasteiger partial charge is 0.363 e. The number of urea groups is 1. The molecule has 2 aliphatic rings. The van der Waals surface area contributed by atoms with Gasteiger partial charge in [-0.1, -0.05) is 19.8 Å². The molecule has 0 radical (unpaired) electrons. The maximum atomic E-state index is 12.9. The first kappa shape index (κ1) is 20.2. The van der Waals surface area contributed by atoms with Crippen LogP contribution >= 0.6 is 0 Å². The van der Waals surface area contributed by atoms with Crippen LogP contribution in [0.3, 0.4) is 0 Å². The first-order chi connectivity index (χ1) is 12.2. The van der Waals surface area contributed by atoms with Gasteiger partial charge in [0.15, 0.2) is 0 Å². The molecule has 8 heteroatoms. The van der Waals surface area contributed by atoms with Crippen LogP contribution in [0.25, 0.3) is 0 Å². The third kappa shape index (κ3) is 4.53. The van der Waals surface area contributed by atoms with Crippen LogP contribution in [0.4, 0.5) is 4.79 Å². The van der Waals surface area contributed by atoms with Crippen LogP contribution in [-0.4, -0.2) is 41.8 Å². The molecule has 2 saturated carbocycles. The summed E-state index contributed by atoms with van der Waals surface area (Å²) in [6.45, 7) is 4.36. The van der Waals surface area contributed by atoms with Crippen molar-refractivity contribution in [1.82, 2.24) is 16.0 Å². The number of rotatable bonds is 8. The van der Waals surface area contributed by atoms with Gasteiger partial charge in [-0.3, -0.25) is 14.4 Å². The highest BCUT2D eigenvalue weighted by Crippen LogP contribution is 2.41. The van der Waals surface area contributed by atoms with Gasteiger partial charge in [0.05, 0.1) is 0 Å². The molecule has 0 aromatic rings. The Hall–Kier alpha value is -2.12. The highest BCUT2D eigenvalue weighted by atomic mass is 16.2. The Morgan fingerprint density at radius 2 is 1.65 bits per heavy atom. The minimum atomic E-state index is -1.21. The smallest absolute Gasteiger partial charge is 0.315 e. The number of carbonyl (C=O) groups excluding carboxylic acids is 4. The van der Waals surface area contributed by atoms with Crippen LogP contribution in [0.1, 0.15) is 65.2 Å². The molecule has 0 spiro atoms. The molecule has 8 nitrogen and oxygen atoms in total. The van der Waals surface area contributed by atoms with Crippen LogP contribution in [0.2, 0.25) is 0 Å². The Balaban J connectivity index is 2.12. The molecule has 5 N–H and O–H groups in total. The van der Waals surface area contributed by atoms with Crippen LogP contribution < -0.4 is 21.7 Å². The lowest BCUT2D eigenvalue weighted by molar-refractivity contribution is -0.144. The van der Waals surface area contributed by atoms with Crippen molar-refractivity contribution in [2.75, 3.05) is 6.54 Å². The summed E-state index contributed by atoms with van der Waals surface area (Å²) < 4.78 is 0. The molecule has 146 valence electrons. The molecule has 0 heterocycles. The quantitative estimate of drug-likeness (QED) is 0.472. The number of hydrogen-bond acceptors (Lipinski definition) is 4. The Bertz CT molecular complexity index is 580. The summed E-state index contributed by atoms with van der Waals surface area (Å²) in [6.07, 6.45) is 6.24. The van der Waals surface area contributed by atoms with E-state index in [1.165, 1.54) is 0 Å². The lowest BCUT2D eigenvalue weighted by Crippen LogP contribution is -2.65. The highest BCUT2D eigenvalue weighted by molar-refractivity contribution is 6.39. The van der Waals surface area contributed by atoms with Crippen molar-refractivity contribution in [2.24, 2.45) is 11.1 Å². The van der Waals surface area contributed by atoms with Crippen molar-refractivity contribution in [2.45, 2.75) is 76.8 Å². The van der Waals surface area contributed by atoms with Gasteiger partial charge in [-0.25, -0.2) is 4.79 Å². The molecule has 2 aliphatic carbocycles. The van der Waals surface area contributed by atoms with Gasteiger partial charge in [0, 0.05) is 6.54 Å². The Morgan fingerprint density at radius 3 is 2.12 bits per heavy atom. The number of nitrogens with one attached hydrogen (secondary N) is 3. The lowest BCUT2D eigenvalue weighted by Gasteiger charge is -2.41. The van der Waals surface area contributed by atoms with Gasteiger partial charge in [0.2, 0.25) is 11.7 Å². The van der Waals surface area contributed by atoms with E-state index >= 15 is 0 Å². The van der Waals surface area contributed by atoms with E-state index in [1.807, 2.05) is 0 Å². The van der Waals surface area contributed by atoms with Crippen LogP contribution in [0, 0.1) is 5.41 Å². The molecular formula is C18H30N4O4. The molecule has 26 heavy (non-hydrogen) atoms. The third-order valence-electron chi connectivity index (χ3n) is 5.69. The minimum absolute atomic E-state index is 0.0258. The fourth-order valence-corrected chi connectivity index (χ4v) is 4.00. The van der Waals surface area contributed by atoms with E-state index in [4.69, 9.17) is 5.73 Å². The van der Waals surface area contributed by atoms with E-state index in [0.717, 1.165) is 32.1 Å². The van der Waals surface area contributed by atoms with Crippen molar-refractivity contribution >= 4 is 23.6 Å². The Kier molecular flexibility index (Phi) is 6.26. The number of ketones is 1. The molecule has 0 saturated heterocycles. The molecule has 0 aromatic heterocycles. The van der Waals surface area contributed by atoms with Gasteiger partial charge in [-0.15, -0.1) is 0 Å². The van der Waals surface area contributed by atoms with E-state index in [0.29, 0.717) is 25.8 Å². The van der Waals surface area contributed by atoms with Gasteiger partial charge in [-0.05, 0) is 50.9 Å². The summed E-state index contributed by atoms with van der Waals surface area (Å²) in [5.41, 5.74) is 3.90. The zero-order valence-corrected chi connectivity index (χ0v) is 15.7. The summed E-state index contributed by atoms with van der Waals surface area (Å²) in [6, 6.07) is -1.18. The third-order valence-corrected chi connectivity index (χ3v) is 5.69. The highest BCUT2D eigenvalue weighted by Gasteiger charge is 2.48. The number of amides is 4. The van der Waals surface area contributed by atoms with Gasteiger partial charge < -0.3 is 21.7 Å². The van der Waals surface area contributed by atoms with Gasteiger partial charge >= 0.3 is 6.03 Å². The minimum Gasteiger partial charge on any atom is -0.363 e. The molecule has 2 rings (SSSR count). The Morgan fingerprint density at radius 1 is 1.04 bits per heavy atom. The van der Waals surface area contributed by atoms with Gasteiger partial charge in [-0.2, -0.15) is 0 Å². The fraction of sp³-hybridized carbons (Fsp3) is 0.778. The second-order valence-corrected chi connectivity index (χ2v) is 7.90. The topological polar surface area (TPSA) is 130 Å². The van der Waals surface area contributed by atoms with E-state index < -0.39 is 35.2 Å². The number of Topliss-reactive ketones (excluding diaryl/α,β-unsaturated/α-hetero) is 1. The molecule has 2 fully saturated rings. The van der Waals surface area contributed by atoms with Gasteiger partial charge in [0.25, 0.3) is 5.91 Å². The van der Waals surface area contributed by atoms with E-state index in [-0.39, 0.29) is 5.41 Å². The standard InChI is InChI=1S/C18H30N4O4/c1-3-20-16(26)21-12(11-17(2)7-4-5-8-17)15(25)22-18(9-6-10-18)13(23)14(19)24/h12H,3-11H2,1-2H3,(H2,19,24)(H,22,25)(H2,20,21,26). The average molecular weight is 366 g/mol. The number of nitrogens with two attached hydrogens (primary N) is 1. The van der Waals surface area contributed by atoms with Crippen LogP contribution in [-0.2, 0) is 14.4 Å². The molecule has 1 atom stereocenters. The maximum Gasteiger partial charge on any atom is 0.315 e. The van der Waals surface area contributed by atoms with E-state index in [1.54, 1.807) is 6.92 Å². The number of carbonyl (C=O) groups is 4. The summed E-state index contributed by atoms with van der Waals surface area (Å²) in [5, 5.41) is 8.07. The summed E-state index contributed by atoms with van der Waals surface area (Å²) in [7, 11) is 0. The van der Waals surface area contributed by atoms with Crippen molar-refractivity contribution in [1.29, 1.82) is 0 Å². The SMILES string of the molecule is CCNC(=O)NC(CC1(C)CCCC1)C(=O)NC1(C(=O)C(N)=O)CCC1. The molecule has 0 aromatic carbocycles. The normalized spacial score (nSPS) is 21.2. The lowest BCUT2D eigenvalue weighted by atomic mass is 9.72. The van der Waals surface area contributed by atoms with Crippen LogP contribution in [0.15, 0.2) is 0 Å². The van der Waals surface area contributed by atoms with Crippen LogP contribution in [0.5, 0.6) is 0 Å². The molecule has 0 bridgehead atoms. The molecule has 0 aliphatic heterocycles. The Labute approximate surface area is 154 Å². The zero-order valence-electron chi connectivity index (χ0n) is 15.7. The van der Waals surface area contributed by atoms with E-state index in [9.17, 15) is 19.2 Å². The number of hydrogen-bond donors (Lipinski definition) is 4. The summed E-state index contributed by atoms with van der Waals surface area (Å²) >= 11 is 0. The molecular weight excluding hydrogens is 336 g/mol. The van der Waals surface area contributed by atoms with Crippen molar-refractivity contribution in [3.05, 3.63) is 0 Å². The zero-order chi connectivity index (χ0) is 19.4. The van der Waals surface area contributed by atoms with Gasteiger partial charge in [0.1, 0.15) is 11.6 Å². The second kappa shape index (κ2) is 8.05. The van der Waals surface area contributed by atoms with E-state index in [2.05, 4.69) is 22.9 Å². The summed E-state index contributed by atoms with van der Waals surface area (Å²) in [5.74, 6) is -2.24. The predicted octanol–water partition coefficient (Wildman–Crippen LogP) is 0.738. The molecule has 4 amide bonds. The first-order valence-electron chi connectivity index (χ1n) is 9.42. The number of primary amides is 1. The first-order valence-corrected chi connectivity index (χ1v) is 9.42. The fourth-order valence-electron chi connectivity index (χ4n) is 4.00. The summed E-state index contributed by atoms with van der Waals surface area (Å²) in [4.78, 5) is 48.3. The predicted molar refractivity (Wildman–Crippen MR) is 96.1 cm³/mol. The monoisotopic (exact) mass is 366 g/mol. The van der Waals surface area contributed by atoms with Crippen molar-refractivity contribution in [3.8, 4) is 0 Å². The molecule has 1 unspecified atom stereocenters. The van der Waals surface area contributed by atoms with Crippen molar-refractivity contribution < 1.29 is 19.2 Å². The second-order valence-electron chi connectivity index (χ2n) is 7.90. The average Bonchev–Trinajstić information content (AvgIpc) is 2.96. The van der Waals surface area contributed by atoms with Crippen molar-refractivity contribution in [3.63, 3.8) is 0 Å². The maximum absolute atomic E-state index is 12.9.